The van der Waals surface area contributed by atoms with Crippen molar-refractivity contribution in [3.63, 3.8) is 0 Å². The fourth-order valence-corrected chi connectivity index (χ4v) is 3.20. The van der Waals surface area contributed by atoms with Crippen LogP contribution in [0.2, 0.25) is 0 Å². The highest BCUT2D eigenvalue weighted by Gasteiger charge is 2.11. The molecule has 0 saturated carbocycles. The molecule has 0 saturated heterocycles. The zero-order chi connectivity index (χ0) is 22.5. The van der Waals surface area contributed by atoms with Crippen molar-refractivity contribution >= 4 is 29.2 Å². The molecule has 166 valence electrons. The van der Waals surface area contributed by atoms with Gasteiger partial charge < -0.3 is 19.0 Å². The Kier molecular flexibility index (Phi) is 10.8. The van der Waals surface area contributed by atoms with Crippen molar-refractivity contribution in [1.82, 2.24) is 0 Å². The summed E-state index contributed by atoms with van der Waals surface area (Å²) < 4.78 is 16.3. The second-order valence-corrected chi connectivity index (χ2v) is 7.49. The van der Waals surface area contributed by atoms with Crippen molar-refractivity contribution in [3.05, 3.63) is 54.1 Å². The minimum absolute atomic E-state index is 0.117. The van der Waals surface area contributed by atoms with Gasteiger partial charge in [-0.2, -0.15) is 0 Å². The molecule has 0 unspecified atom stereocenters. The molecule has 8 heteroatoms. The second-order valence-electron chi connectivity index (χ2n) is 6.34. The van der Waals surface area contributed by atoms with Crippen molar-refractivity contribution in [3.8, 4) is 5.75 Å². The zero-order valence-corrected chi connectivity index (χ0v) is 18.8. The lowest BCUT2D eigenvalue weighted by Gasteiger charge is -2.08. The van der Waals surface area contributed by atoms with Gasteiger partial charge >= 0.3 is 5.97 Å². The molecule has 0 aliphatic carbocycles. The minimum atomic E-state index is -0.568. The number of oxime groups is 1. The van der Waals surface area contributed by atoms with Crippen LogP contribution in [0.3, 0.4) is 0 Å². The molecule has 0 fully saturated rings. The van der Waals surface area contributed by atoms with E-state index in [0.29, 0.717) is 38.6 Å². The minimum Gasteiger partial charge on any atom is -0.491 e. The zero-order valence-electron chi connectivity index (χ0n) is 18.0. The third kappa shape index (κ3) is 9.33. The van der Waals surface area contributed by atoms with Gasteiger partial charge in [0.15, 0.2) is 0 Å². The van der Waals surface area contributed by atoms with Crippen molar-refractivity contribution in [2.75, 3.05) is 33.0 Å². The molecular formula is C23H27NO6S. The van der Waals surface area contributed by atoms with Crippen LogP contribution in [0.25, 0.3) is 0 Å². The number of rotatable bonds is 13. The largest absolute Gasteiger partial charge is 0.491 e. The van der Waals surface area contributed by atoms with E-state index in [4.69, 9.17) is 14.2 Å². The van der Waals surface area contributed by atoms with Gasteiger partial charge in [0.05, 0.1) is 19.8 Å². The maximum Gasteiger partial charge on any atom is 0.331 e. The Labute approximate surface area is 186 Å². The van der Waals surface area contributed by atoms with Crippen molar-refractivity contribution in [1.29, 1.82) is 0 Å². The normalized spacial score (nSPS) is 11.3. The van der Waals surface area contributed by atoms with E-state index in [1.54, 1.807) is 23.9 Å². The van der Waals surface area contributed by atoms with Gasteiger partial charge in [0.1, 0.15) is 18.1 Å². The lowest BCUT2D eigenvalue weighted by atomic mass is 10.1. The van der Waals surface area contributed by atoms with Gasteiger partial charge in [0.2, 0.25) is 5.78 Å². The van der Waals surface area contributed by atoms with E-state index >= 15 is 0 Å². The fraction of sp³-hybridized carbons (Fsp3) is 0.348. The molecule has 0 atom stereocenters. The monoisotopic (exact) mass is 445 g/mol. The van der Waals surface area contributed by atoms with Gasteiger partial charge in [-0.3, -0.25) is 4.79 Å². The number of ketones is 1. The average molecular weight is 446 g/mol. The second kappa shape index (κ2) is 13.6. The Bertz CT molecular complexity index is 865. The molecule has 0 N–H and O–H groups in total. The van der Waals surface area contributed by atoms with Crippen LogP contribution < -0.4 is 4.74 Å². The first-order chi connectivity index (χ1) is 15.0. The van der Waals surface area contributed by atoms with E-state index in [9.17, 15) is 9.59 Å². The molecule has 2 aromatic rings. The summed E-state index contributed by atoms with van der Waals surface area (Å²) in [6.07, 6.45) is 0. The lowest BCUT2D eigenvalue weighted by Crippen LogP contribution is -2.11. The number of carbonyl (C=O) groups is 2. The molecule has 2 aromatic carbocycles. The predicted octanol–water partition coefficient (Wildman–Crippen LogP) is 4.39. The van der Waals surface area contributed by atoms with Crippen LogP contribution in [-0.4, -0.2) is 50.5 Å². The highest BCUT2D eigenvalue weighted by Crippen LogP contribution is 2.29. The summed E-state index contributed by atoms with van der Waals surface area (Å²) in [5, 5.41) is 3.53. The topological polar surface area (TPSA) is 83.4 Å². The number of nitrogens with zero attached hydrogens (tertiary/aromatic N) is 1. The van der Waals surface area contributed by atoms with Gasteiger partial charge in [-0.05, 0) is 62.4 Å². The van der Waals surface area contributed by atoms with Gasteiger partial charge in [0, 0.05) is 28.9 Å². The van der Waals surface area contributed by atoms with E-state index in [1.807, 2.05) is 43.3 Å². The van der Waals surface area contributed by atoms with Gasteiger partial charge in [-0.15, -0.1) is 0 Å². The van der Waals surface area contributed by atoms with Gasteiger partial charge in [-0.1, -0.05) is 16.9 Å². The number of benzene rings is 2. The lowest BCUT2D eigenvalue weighted by molar-refractivity contribution is -0.140. The third-order valence-corrected chi connectivity index (χ3v) is 4.90. The van der Waals surface area contributed by atoms with E-state index in [0.717, 1.165) is 15.5 Å². The summed E-state index contributed by atoms with van der Waals surface area (Å²) in [6, 6.07) is 14.9. The number of hydrogen-bond donors (Lipinski definition) is 0. The maximum absolute atomic E-state index is 12.3. The van der Waals surface area contributed by atoms with Crippen LogP contribution >= 0.6 is 11.8 Å². The Morgan fingerprint density at radius 3 is 2.03 bits per heavy atom. The summed E-state index contributed by atoms with van der Waals surface area (Å²) >= 11 is 1.57. The van der Waals surface area contributed by atoms with Gasteiger partial charge in [0.25, 0.3) is 0 Å². The third-order valence-electron chi connectivity index (χ3n) is 3.89. The molecular weight excluding hydrogens is 418 g/mol. The molecule has 2 rings (SSSR count). The summed E-state index contributed by atoms with van der Waals surface area (Å²) in [5.41, 5.74) is 0.593. The van der Waals surface area contributed by atoms with E-state index in [1.165, 1.54) is 13.8 Å². The summed E-state index contributed by atoms with van der Waals surface area (Å²) in [4.78, 5) is 29.6. The van der Waals surface area contributed by atoms with Crippen LogP contribution in [0.1, 0.15) is 31.1 Å². The van der Waals surface area contributed by atoms with Crippen molar-refractivity contribution in [2.24, 2.45) is 5.16 Å². The summed E-state index contributed by atoms with van der Waals surface area (Å²) in [6.45, 7) is 7.53. The van der Waals surface area contributed by atoms with Crippen LogP contribution in [0.4, 0.5) is 0 Å². The van der Waals surface area contributed by atoms with E-state index < -0.39 is 5.97 Å². The van der Waals surface area contributed by atoms with E-state index in [-0.39, 0.29) is 11.5 Å². The quantitative estimate of drug-likeness (QED) is 0.149. The number of Topliss-reactive ketones (excluding diaryl/α,β-unsaturated/α-hetero) is 1. The average Bonchev–Trinajstić information content (AvgIpc) is 2.78. The molecule has 0 aromatic heterocycles. The first-order valence-corrected chi connectivity index (χ1v) is 10.7. The summed E-state index contributed by atoms with van der Waals surface area (Å²) in [5.74, 6) is -0.0800. The first-order valence-electron chi connectivity index (χ1n) is 9.92. The standard InChI is InChI=1S/C23H27NO6S/c1-4-27-13-14-28-15-16-29-20-7-11-22(12-8-20)31-21-9-5-19(6-10-21)23(26)17(2)24-30-18(3)25/h5-12H,4,13-16H2,1-3H3. The first kappa shape index (κ1) is 24.6. The van der Waals surface area contributed by atoms with Crippen LogP contribution in [0, 0.1) is 0 Å². The fourth-order valence-electron chi connectivity index (χ4n) is 2.38. The molecule has 31 heavy (non-hydrogen) atoms. The molecule has 0 aliphatic heterocycles. The molecule has 7 nitrogen and oxygen atoms in total. The molecule has 0 bridgehead atoms. The Morgan fingerprint density at radius 2 is 1.42 bits per heavy atom. The number of ether oxygens (including phenoxy) is 3. The molecule has 0 amide bonds. The Morgan fingerprint density at radius 1 is 0.839 bits per heavy atom. The number of carbonyl (C=O) groups excluding carboxylic acids is 2. The van der Waals surface area contributed by atoms with E-state index in [2.05, 4.69) is 9.99 Å². The predicted molar refractivity (Wildman–Crippen MR) is 119 cm³/mol. The Hall–Kier alpha value is -2.68. The highest BCUT2D eigenvalue weighted by molar-refractivity contribution is 7.99. The van der Waals surface area contributed by atoms with Crippen LogP contribution in [-0.2, 0) is 19.1 Å². The number of hydrogen-bond acceptors (Lipinski definition) is 8. The van der Waals surface area contributed by atoms with Crippen molar-refractivity contribution in [2.45, 2.75) is 30.6 Å². The smallest absolute Gasteiger partial charge is 0.331 e. The highest BCUT2D eigenvalue weighted by atomic mass is 32.2. The Balaban J connectivity index is 1.80. The summed E-state index contributed by atoms with van der Waals surface area (Å²) in [7, 11) is 0. The van der Waals surface area contributed by atoms with Gasteiger partial charge in [-0.25, -0.2) is 4.79 Å². The molecule has 0 radical (unpaired) electrons. The van der Waals surface area contributed by atoms with Crippen LogP contribution in [0.15, 0.2) is 63.5 Å². The molecule has 0 heterocycles. The molecule has 0 spiro atoms. The maximum atomic E-state index is 12.3. The molecule has 0 aliphatic rings. The SMILES string of the molecule is CCOCCOCCOc1ccc(Sc2ccc(C(=O)C(C)=NOC(C)=O)cc2)cc1. The van der Waals surface area contributed by atoms with Crippen molar-refractivity contribution < 1.29 is 28.6 Å². The van der Waals surface area contributed by atoms with Crippen LogP contribution in [0.5, 0.6) is 5.75 Å².